The normalized spacial score (nSPS) is 10.2. The third-order valence-electron chi connectivity index (χ3n) is 1.79. The number of aromatic nitrogens is 2. The Bertz CT molecular complexity index is 350. The average Bonchev–Trinajstić information content (AvgIpc) is 2.16. The van der Waals surface area contributed by atoms with Gasteiger partial charge in [0, 0.05) is 5.69 Å². The van der Waals surface area contributed by atoms with Gasteiger partial charge >= 0.3 is 0 Å². The maximum Gasteiger partial charge on any atom is 0.240 e. The number of carbonyl (C=O) groups excluding carboxylic acids is 1. The third-order valence-corrected chi connectivity index (χ3v) is 1.98. The van der Waals surface area contributed by atoms with Crippen molar-refractivity contribution >= 4 is 23.5 Å². The number of aryl methyl sites for hydroxylation is 1. The van der Waals surface area contributed by atoms with Crippen molar-refractivity contribution in [2.24, 2.45) is 0 Å². The summed E-state index contributed by atoms with van der Waals surface area (Å²) in [4.78, 5) is 19.4. The van der Waals surface area contributed by atoms with Crippen LogP contribution >= 0.6 is 11.6 Å². The molecule has 0 unspecified atom stereocenters. The quantitative estimate of drug-likeness (QED) is 0.605. The molecule has 0 saturated heterocycles. The Morgan fingerprint density at radius 3 is 2.88 bits per heavy atom. The van der Waals surface area contributed by atoms with Gasteiger partial charge in [-0.15, -0.1) is 0 Å². The van der Waals surface area contributed by atoms with E-state index in [4.69, 9.17) is 11.6 Å². The zero-order valence-electron chi connectivity index (χ0n) is 9.38. The molecule has 1 aromatic rings. The van der Waals surface area contributed by atoms with Crippen molar-refractivity contribution in [3.05, 3.63) is 16.9 Å². The number of nitrogens with one attached hydrogen (secondary N) is 2. The van der Waals surface area contributed by atoms with Gasteiger partial charge in [0.25, 0.3) is 0 Å². The highest BCUT2D eigenvalue weighted by Crippen LogP contribution is 2.09. The summed E-state index contributed by atoms with van der Waals surface area (Å²) in [6, 6.07) is 1.63. The van der Waals surface area contributed by atoms with E-state index in [0.29, 0.717) is 5.15 Å². The smallest absolute Gasteiger partial charge is 0.240 e. The van der Waals surface area contributed by atoms with Gasteiger partial charge in [-0.3, -0.25) is 10.1 Å². The lowest BCUT2D eigenvalue weighted by molar-refractivity contribution is -0.115. The molecular formula is C10H15ClN4O. The number of amides is 1. The molecule has 0 fully saturated rings. The molecule has 0 aliphatic heterocycles. The first-order valence-corrected chi connectivity index (χ1v) is 5.51. The number of rotatable bonds is 5. The van der Waals surface area contributed by atoms with Crippen LogP contribution in [0.25, 0.3) is 0 Å². The minimum atomic E-state index is -0.171. The molecule has 0 spiro atoms. The largest absolute Gasteiger partial charge is 0.308 e. The van der Waals surface area contributed by atoms with Gasteiger partial charge in [-0.25, -0.2) is 9.97 Å². The lowest BCUT2D eigenvalue weighted by Gasteiger charge is -2.05. The fourth-order valence-corrected chi connectivity index (χ4v) is 1.37. The molecule has 16 heavy (non-hydrogen) atoms. The van der Waals surface area contributed by atoms with Crippen LogP contribution in [0.5, 0.6) is 0 Å². The van der Waals surface area contributed by atoms with Gasteiger partial charge in [0.1, 0.15) is 5.15 Å². The Balaban J connectivity index is 2.49. The second-order valence-electron chi connectivity index (χ2n) is 3.38. The summed E-state index contributed by atoms with van der Waals surface area (Å²) in [5, 5.41) is 5.88. The summed E-state index contributed by atoms with van der Waals surface area (Å²) in [7, 11) is 0. The van der Waals surface area contributed by atoms with Gasteiger partial charge in [0.15, 0.2) is 0 Å². The molecule has 0 atom stereocenters. The molecule has 0 saturated carbocycles. The van der Waals surface area contributed by atoms with Crippen molar-refractivity contribution in [1.82, 2.24) is 15.3 Å². The molecule has 1 amide bonds. The SMILES string of the molecule is CCCNCC(=O)Nc1nc(C)cc(Cl)n1. The van der Waals surface area contributed by atoms with Crippen LogP contribution in [0.1, 0.15) is 19.0 Å². The van der Waals surface area contributed by atoms with Crippen LogP contribution in [0.2, 0.25) is 5.15 Å². The first-order chi connectivity index (χ1) is 7.61. The van der Waals surface area contributed by atoms with Crippen molar-refractivity contribution < 1.29 is 4.79 Å². The molecule has 88 valence electrons. The van der Waals surface area contributed by atoms with Crippen molar-refractivity contribution in [2.75, 3.05) is 18.4 Å². The Hall–Kier alpha value is -1.20. The zero-order valence-corrected chi connectivity index (χ0v) is 10.1. The van der Waals surface area contributed by atoms with Crippen LogP contribution in [0.15, 0.2) is 6.07 Å². The molecule has 1 rings (SSSR count). The first kappa shape index (κ1) is 12.9. The molecule has 0 bridgehead atoms. The van der Waals surface area contributed by atoms with Crippen LogP contribution in [0.3, 0.4) is 0 Å². The fraction of sp³-hybridized carbons (Fsp3) is 0.500. The van der Waals surface area contributed by atoms with Crippen LogP contribution in [0.4, 0.5) is 5.95 Å². The van der Waals surface area contributed by atoms with E-state index in [1.54, 1.807) is 13.0 Å². The molecule has 5 nitrogen and oxygen atoms in total. The van der Waals surface area contributed by atoms with Crippen LogP contribution < -0.4 is 10.6 Å². The summed E-state index contributed by atoms with van der Waals surface area (Å²) in [6.07, 6.45) is 0.986. The highest BCUT2D eigenvalue weighted by Gasteiger charge is 2.05. The summed E-state index contributed by atoms with van der Waals surface area (Å²) in [5.74, 6) is 0.0726. The zero-order chi connectivity index (χ0) is 12.0. The maximum absolute atomic E-state index is 11.4. The van der Waals surface area contributed by atoms with E-state index < -0.39 is 0 Å². The van der Waals surface area contributed by atoms with E-state index >= 15 is 0 Å². The van der Waals surface area contributed by atoms with Crippen LogP contribution in [-0.2, 0) is 4.79 Å². The average molecular weight is 243 g/mol. The second-order valence-corrected chi connectivity index (χ2v) is 3.77. The standard InChI is InChI=1S/C10H15ClN4O/c1-3-4-12-6-9(16)15-10-13-7(2)5-8(11)14-10/h5,12H,3-4,6H2,1-2H3,(H,13,14,15,16). The summed E-state index contributed by atoms with van der Waals surface area (Å²) < 4.78 is 0. The summed E-state index contributed by atoms with van der Waals surface area (Å²) >= 11 is 5.74. The van der Waals surface area contributed by atoms with Gasteiger partial charge in [-0.05, 0) is 26.0 Å². The molecule has 1 heterocycles. The van der Waals surface area contributed by atoms with Crippen LogP contribution in [-0.4, -0.2) is 29.0 Å². The summed E-state index contributed by atoms with van der Waals surface area (Å²) in [6.45, 7) is 4.89. The molecular weight excluding hydrogens is 228 g/mol. The molecule has 2 N–H and O–H groups in total. The molecule has 0 aliphatic carbocycles. The number of halogens is 1. The Labute approximate surface area is 99.6 Å². The lowest BCUT2D eigenvalue weighted by atomic mass is 10.4. The predicted molar refractivity (Wildman–Crippen MR) is 63.6 cm³/mol. The van der Waals surface area contributed by atoms with Gasteiger partial charge in [0.2, 0.25) is 11.9 Å². The topological polar surface area (TPSA) is 66.9 Å². The number of nitrogens with zero attached hydrogens (tertiary/aromatic N) is 2. The second kappa shape index (κ2) is 6.40. The third kappa shape index (κ3) is 4.55. The predicted octanol–water partition coefficient (Wildman–Crippen LogP) is 1.38. The minimum absolute atomic E-state index is 0.171. The molecule has 6 heteroatoms. The van der Waals surface area contributed by atoms with Gasteiger partial charge in [-0.1, -0.05) is 18.5 Å². The minimum Gasteiger partial charge on any atom is -0.308 e. The number of hydrogen-bond donors (Lipinski definition) is 2. The van der Waals surface area contributed by atoms with E-state index in [0.717, 1.165) is 18.7 Å². The van der Waals surface area contributed by atoms with Crippen molar-refractivity contribution in [2.45, 2.75) is 20.3 Å². The van der Waals surface area contributed by atoms with Crippen molar-refractivity contribution in [3.8, 4) is 0 Å². The first-order valence-electron chi connectivity index (χ1n) is 5.13. The fourth-order valence-electron chi connectivity index (χ4n) is 1.13. The van der Waals surface area contributed by atoms with E-state index in [-0.39, 0.29) is 18.4 Å². The highest BCUT2D eigenvalue weighted by atomic mass is 35.5. The lowest BCUT2D eigenvalue weighted by Crippen LogP contribution is -2.29. The van der Waals surface area contributed by atoms with Gasteiger partial charge in [0.05, 0.1) is 6.54 Å². The van der Waals surface area contributed by atoms with E-state index in [2.05, 4.69) is 20.6 Å². The van der Waals surface area contributed by atoms with Gasteiger partial charge < -0.3 is 5.32 Å². The van der Waals surface area contributed by atoms with E-state index in [9.17, 15) is 4.79 Å². The Kier molecular flexibility index (Phi) is 5.14. The molecule has 0 radical (unpaired) electrons. The van der Waals surface area contributed by atoms with E-state index in [1.165, 1.54) is 0 Å². The Morgan fingerprint density at radius 2 is 2.25 bits per heavy atom. The van der Waals surface area contributed by atoms with Crippen molar-refractivity contribution in [3.63, 3.8) is 0 Å². The number of carbonyl (C=O) groups is 1. The monoisotopic (exact) mass is 242 g/mol. The Morgan fingerprint density at radius 1 is 1.50 bits per heavy atom. The van der Waals surface area contributed by atoms with Crippen molar-refractivity contribution in [1.29, 1.82) is 0 Å². The summed E-state index contributed by atoms with van der Waals surface area (Å²) in [5.41, 5.74) is 0.719. The van der Waals surface area contributed by atoms with Gasteiger partial charge in [-0.2, -0.15) is 0 Å². The molecule has 0 aromatic carbocycles. The van der Waals surface area contributed by atoms with Crippen LogP contribution in [0, 0.1) is 6.92 Å². The van der Waals surface area contributed by atoms with E-state index in [1.807, 2.05) is 6.92 Å². The highest BCUT2D eigenvalue weighted by molar-refractivity contribution is 6.29. The maximum atomic E-state index is 11.4. The number of hydrogen-bond acceptors (Lipinski definition) is 4. The number of anilines is 1. The molecule has 1 aromatic heterocycles. The molecule has 0 aliphatic rings.